The monoisotopic (exact) mass is 383 g/mol. The summed E-state index contributed by atoms with van der Waals surface area (Å²) in [6.45, 7) is 5.82. The van der Waals surface area contributed by atoms with Crippen LogP contribution in [0, 0.1) is 11.7 Å². The number of esters is 1. The predicted molar refractivity (Wildman–Crippen MR) is 108 cm³/mol. The molecule has 0 aromatic heterocycles. The van der Waals surface area contributed by atoms with Crippen molar-refractivity contribution in [2.75, 3.05) is 6.61 Å². The number of nitrogens with one attached hydrogen (secondary N) is 1. The lowest BCUT2D eigenvalue weighted by atomic mass is 10.00. The van der Waals surface area contributed by atoms with Crippen LogP contribution in [0.1, 0.15) is 43.5 Å². The van der Waals surface area contributed by atoms with Gasteiger partial charge in [0.2, 0.25) is 0 Å². The van der Waals surface area contributed by atoms with Gasteiger partial charge in [-0.05, 0) is 42.5 Å². The number of hydrogen-bond donors (Lipinski definition) is 1. The first-order valence-corrected chi connectivity index (χ1v) is 9.32. The first kappa shape index (κ1) is 21.4. The van der Waals surface area contributed by atoms with Crippen molar-refractivity contribution in [1.29, 1.82) is 0 Å². The van der Waals surface area contributed by atoms with Crippen molar-refractivity contribution in [3.8, 4) is 0 Å². The molecule has 0 aliphatic carbocycles. The van der Waals surface area contributed by atoms with Crippen LogP contribution in [0.3, 0.4) is 0 Å². The maximum atomic E-state index is 13.5. The number of amides is 1. The Labute approximate surface area is 165 Å². The zero-order chi connectivity index (χ0) is 20.5. The summed E-state index contributed by atoms with van der Waals surface area (Å²) in [7, 11) is 0. The minimum atomic E-state index is -0.705. The molecule has 0 heterocycles. The van der Waals surface area contributed by atoms with Gasteiger partial charge in [0.15, 0.2) is 6.61 Å². The van der Waals surface area contributed by atoms with Gasteiger partial charge in [-0.1, -0.05) is 56.3 Å². The first-order chi connectivity index (χ1) is 13.3. The molecule has 0 unspecified atom stereocenters. The zero-order valence-corrected chi connectivity index (χ0v) is 16.4. The molecule has 0 radical (unpaired) electrons. The third kappa shape index (κ3) is 6.99. The number of ether oxygens (including phenoxy) is 1. The highest BCUT2D eigenvalue weighted by molar-refractivity contribution is 5.89. The standard InChI is InChI=1S/C23H26FNO3/c1-16(2)14-18-8-10-19(11-9-18)17(3)25-22(26)15-28-23(27)13-12-20-6-4-5-7-21(20)24/h4-13,16-17H,14-15H2,1-3H3,(H,25,26)/b13-12+/t17-/m1/s1. The summed E-state index contributed by atoms with van der Waals surface area (Å²) < 4.78 is 18.4. The Morgan fingerprint density at radius 1 is 1.07 bits per heavy atom. The largest absolute Gasteiger partial charge is 0.452 e. The molecule has 148 valence electrons. The van der Waals surface area contributed by atoms with Crippen molar-refractivity contribution in [2.24, 2.45) is 5.92 Å². The molecule has 0 saturated heterocycles. The van der Waals surface area contributed by atoms with Gasteiger partial charge in [0, 0.05) is 11.6 Å². The lowest BCUT2D eigenvalue weighted by Crippen LogP contribution is -2.30. The fraction of sp³-hybridized carbons (Fsp3) is 0.304. The topological polar surface area (TPSA) is 55.4 Å². The Kier molecular flexibility index (Phi) is 7.93. The van der Waals surface area contributed by atoms with Gasteiger partial charge in [-0.15, -0.1) is 0 Å². The number of benzene rings is 2. The third-order valence-electron chi connectivity index (χ3n) is 4.15. The maximum absolute atomic E-state index is 13.5. The van der Waals surface area contributed by atoms with E-state index in [2.05, 4.69) is 31.3 Å². The second-order valence-electron chi connectivity index (χ2n) is 7.09. The molecule has 0 aliphatic rings. The van der Waals surface area contributed by atoms with Crippen molar-refractivity contribution >= 4 is 18.0 Å². The van der Waals surface area contributed by atoms with E-state index in [-0.39, 0.29) is 11.6 Å². The normalized spacial score (nSPS) is 12.2. The molecule has 0 spiro atoms. The molecule has 2 aromatic rings. The molecule has 0 saturated carbocycles. The van der Waals surface area contributed by atoms with E-state index in [4.69, 9.17) is 4.74 Å². The fourth-order valence-electron chi connectivity index (χ4n) is 2.73. The first-order valence-electron chi connectivity index (χ1n) is 9.32. The Morgan fingerprint density at radius 3 is 2.39 bits per heavy atom. The highest BCUT2D eigenvalue weighted by Crippen LogP contribution is 2.15. The highest BCUT2D eigenvalue weighted by atomic mass is 19.1. The van der Waals surface area contributed by atoms with Crippen LogP contribution in [0.5, 0.6) is 0 Å². The summed E-state index contributed by atoms with van der Waals surface area (Å²) in [6.07, 6.45) is 3.43. The van der Waals surface area contributed by atoms with Gasteiger partial charge in [0.1, 0.15) is 5.82 Å². The van der Waals surface area contributed by atoms with E-state index in [1.54, 1.807) is 18.2 Å². The van der Waals surface area contributed by atoms with Crippen molar-refractivity contribution in [2.45, 2.75) is 33.2 Å². The van der Waals surface area contributed by atoms with E-state index in [0.29, 0.717) is 5.92 Å². The minimum absolute atomic E-state index is 0.201. The Morgan fingerprint density at radius 2 is 1.75 bits per heavy atom. The smallest absolute Gasteiger partial charge is 0.331 e. The van der Waals surface area contributed by atoms with Crippen molar-refractivity contribution in [3.63, 3.8) is 0 Å². The van der Waals surface area contributed by atoms with Crippen molar-refractivity contribution in [3.05, 3.63) is 77.1 Å². The molecule has 5 heteroatoms. The quantitative estimate of drug-likeness (QED) is 0.541. The van der Waals surface area contributed by atoms with E-state index in [1.165, 1.54) is 17.7 Å². The highest BCUT2D eigenvalue weighted by Gasteiger charge is 2.11. The maximum Gasteiger partial charge on any atom is 0.331 e. The molecule has 1 N–H and O–H groups in total. The molecule has 1 amide bonds. The average molecular weight is 383 g/mol. The van der Waals surface area contributed by atoms with Crippen LogP contribution in [0.15, 0.2) is 54.6 Å². The molecular weight excluding hydrogens is 357 g/mol. The summed E-state index contributed by atoms with van der Waals surface area (Å²) in [6, 6.07) is 14.0. The van der Waals surface area contributed by atoms with Crippen LogP contribution >= 0.6 is 0 Å². The van der Waals surface area contributed by atoms with E-state index < -0.39 is 24.3 Å². The number of carbonyl (C=O) groups is 2. The van der Waals surface area contributed by atoms with Crippen molar-refractivity contribution < 1.29 is 18.7 Å². The third-order valence-corrected chi connectivity index (χ3v) is 4.15. The number of hydrogen-bond acceptors (Lipinski definition) is 3. The van der Waals surface area contributed by atoms with Crippen molar-refractivity contribution in [1.82, 2.24) is 5.32 Å². The second-order valence-corrected chi connectivity index (χ2v) is 7.09. The molecule has 0 fully saturated rings. The van der Waals surface area contributed by atoms with Gasteiger partial charge in [-0.3, -0.25) is 4.79 Å². The summed E-state index contributed by atoms with van der Waals surface area (Å²) in [5, 5.41) is 2.79. The Balaban J connectivity index is 1.79. The van der Waals surface area contributed by atoms with Crippen LogP contribution in [-0.4, -0.2) is 18.5 Å². The lowest BCUT2D eigenvalue weighted by Gasteiger charge is -2.15. The van der Waals surface area contributed by atoms with Gasteiger partial charge < -0.3 is 10.1 Å². The fourth-order valence-corrected chi connectivity index (χ4v) is 2.73. The molecule has 2 aromatic carbocycles. The molecule has 4 nitrogen and oxygen atoms in total. The SMILES string of the molecule is CC(C)Cc1ccc([C@@H](C)NC(=O)COC(=O)/C=C/c2ccccc2F)cc1. The Bertz CT molecular complexity index is 828. The van der Waals surface area contributed by atoms with Crippen LogP contribution < -0.4 is 5.32 Å². The number of rotatable bonds is 8. The molecular formula is C23H26FNO3. The molecule has 2 rings (SSSR count). The number of halogens is 1. The van der Waals surface area contributed by atoms with Crippen LogP contribution in [0.25, 0.3) is 6.08 Å². The molecule has 0 bridgehead atoms. The van der Waals surface area contributed by atoms with E-state index in [9.17, 15) is 14.0 Å². The molecule has 1 atom stereocenters. The van der Waals surface area contributed by atoms with Crippen LogP contribution in [-0.2, 0) is 20.7 Å². The second kappa shape index (κ2) is 10.4. The summed E-state index contributed by atoms with van der Waals surface area (Å²) >= 11 is 0. The van der Waals surface area contributed by atoms with Gasteiger partial charge >= 0.3 is 5.97 Å². The van der Waals surface area contributed by atoms with Crippen LogP contribution in [0.4, 0.5) is 4.39 Å². The van der Waals surface area contributed by atoms with Gasteiger partial charge in [-0.2, -0.15) is 0 Å². The van der Waals surface area contributed by atoms with Gasteiger partial charge in [0.05, 0.1) is 6.04 Å². The Hall–Kier alpha value is -2.95. The zero-order valence-electron chi connectivity index (χ0n) is 16.4. The number of carbonyl (C=O) groups excluding carboxylic acids is 2. The van der Waals surface area contributed by atoms with E-state index in [0.717, 1.165) is 18.1 Å². The lowest BCUT2D eigenvalue weighted by molar-refractivity contribution is -0.144. The minimum Gasteiger partial charge on any atom is -0.452 e. The average Bonchev–Trinajstić information content (AvgIpc) is 2.65. The van der Waals surface area contributed by atoms with Crippen LogP contribution in [0.2, 0.25) is 0 Å². The van der Waals surface area contributed by atoms with E-state index >= 15 is 0 Å². The van der Waals surface area contributed by atoms with Gasteiger partial charge in [0.25, 0.3) is 5.91 Å². The predicted octanol–water partition coefficient (Wildman–Crippen LogP) is 4.46. The molecule has 0 aliphatic heterocycles. The summed E-state index contributed by atoms with van der Waals surface area (Å²) in [5.41, 5.74) is 2.51. The molecule has 28 heavy (non-hydrogen) atoms. The summed E-state index contributed by atoms with van der Waals surface area (Å²) in [5.74, 6) is -0.946. The van der Waals surface area contributed by atoms with E-state index in [1.807, 2.05) is 19.1 Å². The summed E-state index contributed by atoms with van der Waals surface area (Å²) in [4.78, 5) is 23.7. The van der Waals surface area contributed by atoms with Gasteiger partial charge in [-0.25, -0.2) is 9.18 Å².